The summed E-state index contributed by atoms with van der Waals surface area (Å²) < 4.78 is 36.1. The van der Waals surface area contributed by atoms with Gasteiger partial charge in [-0.15, -0.1) is 11.6 Å². The highest BCUT2D eigenvalue weighted by molar-refractivity contribution is 6.18. The molecule has 1 aliphatic rings. The van der Waals surface area contributed by atoms with Crippen molar-refractivity contribution in [3.05, 3.63) is 83.9 Å². The Morgan fingerprint density at radius 1 is 0.778 bits per heavy atom. The van der Waals surface area contributed by atoms with E-state index in [0.717, 1.165) is 11.1 Å². The van der Waals surface area contributed by atoms with Crippen LogP contribution in [0, 0.1) is 6.92 Å². The molecule has 0 aliphatic carbocycles. The molecule has 3 amide bonds. The van der Waals surface area contributed by atoms with Gasteiger partial charge < -0.3 is 49.1 Å². The van der Waals surface area contributed by atoms with Crippen molar-refractivity contribution in [3.8, 4) is 23.0 Å². The minimum Gasteiger partial charge on any atom is -0.460 e. The first-order valence-corrected chi connectivity index (χ1v) is 14.2. The standard InChI is InChI=1S/C11H14ClNO4.C11H13NO4.C9H11NO2/c1-13-11(14)17-9-6-4-3-5-8(9)16-10(7-12)15-2;1-12-11(13)16-9-5-3-2-4-8(9)10-14-6-7-15-10;1-7-4-3-5-8(6-7)12-9(11)10-2/h3-6,10H,7H2,1-2H3,(H,13,14);2-5,10H,6-7H2,1H3,(H,12,13);3-6H,1-2H3,(H,10,11). The van der Waals surface area contributed by atoms with E-state index in [-0.39, 0.29) is 5.88 Å². The Morgan fingerprint density at radius 3 is 1.87 bits per heavy atom. The summed E-state index contributed by atoms with van der Waals surface area (Å²) in [7, 11) is 5.99. The number of hydrogen-bond acceptors (Lipinski definition) is 10. The molecule has 14 heteroatoms. The molecule has 244 valence electrons. The van der Waals surface area contributed by atoms with E-state index in [1.165, 1.54) is 28.3 Å². The topological polar surface area (TPSA) is 152 Å². The molecular formula is C31H38ClN3O10. The number of alkyl halides is 1. The lowest BCUT2D eigenvalue weighted by molar-refractivity contribution is -0.0452. The number of nitrogens with one attached hydrogen (secondary N) is 3. The lowest BCUT2D eigenvalue weighted by atomic mass is 10.2. The molecule has 3 aromatic rings. The van der Waals surface area contributed by atoms with Crippen LogP contribution >= 0.6 is 11.6 Å². The van der Waals surface area contributed by atoms with Crippen molar-refractivity contribution < 1.29 is 47.5 Å². The number of carbonyl (C=O) groups is 3. The van der Waals surface area contributed by atoms with E-state index in [4.69, 9.17) is 44.8 Å². The maximum Gasteiger partial charge on any atom is 0.412 e. The number of rotatable bonds is 8. The SMILES string of the molecule is CNC(=O)Oc1cccc(C)c1.CNC(=O)Oc1ccccc1C1OCCO1.CNC(=O)Oc1ccccc1OC(CCl)OC. The van der Waals surface area contributed by atoms with Gasteiger partial charge in [-0.05, 0) is 42.8 Å². The van der Waals surface area contributed by atoms with Gasteiger partial charge in [-0.1, -0.05) is 42.5 Å². The van der Waals surface area contributed by atoms with Gasteiger partial charge in [-0.2, -0.15) is 0 Å². The van der Waals surface area contributed by atoms with Crippen molar-refractivity contribution in [3.63, 3.8) is 0 Å². The minimum absolute atomic E-state index is 0.171. The van der Waals surface area contributed by atoms with Gasteiger partial charge in [0, 0.05) is 28.3 Å². The fourth-order valence-corrected chi connectivity index (χ4v) is 3.55. The van der Waals surface area contributed by atoms with Crippen LogP contribution in [0.3, 0.4) is 0 Å². The molecule has 13 nitrogen and oxygen atoms in total. The number of hydrogen-bond donors (Lipinski definition) is 3. The highest BCUT2D eigenvalue weighted by Gasteiger charge is 2.22. The minimum atomic E-state index is -0.592. The molecule has 45 heavy (non-hydrogen) atoms. The highest BCUT2D eigenvalue weighted by atomic mass is 35.5. The lowest BCUT2D eigenvalue weighted by Crippen LogP contribution is -2.24. The van der Waals surface area contributed by atoms with Crippen LogP contribution < -0.4 is 34.9 Å². The van der Waals surface area contributed by atoms with Crippen LogP contribution in [0.1, 0.15) is 17.4 Å². The Kier molecular flexibility index (Phi) is 16.6. The molecule has 1 saturated heterocycles. The Labute approximate surface area is 267 Å². The molecule has 1 atom stereocenters. The first-order chi connectivity index (χ1) is 21.7. The molecule has 3 N–H and O–H groups in total. The van der Waals surface area contributed by atoms with Gasteiger partial charge in [-0.3, -0.25) is 0 Å². The molecule has 1 unspecified atom stereocenters. The van der Waals surface area contributed by atoms with Crippen LogP contribution in [-0.2, 0) is 14.2 Å². The molecule has 4 rings (SSSR count). The van der Waals surface area contributed by atoms with Crippen molar-refractivity contribution in [2.45, 2.75) is 19.5 Å². The molecule has 0 aromatic heterocycles. The van der Waals surface area contributed by atoms with Crippen LogP contribution in [0.4, 0.5) is 14.4 Å². The number of aryl methyl sites for hydroxylation is 1. The monoisotopic (exact) mass is 647 g/mol. The summed E-state index contributed by atoms with van der Waals surface area (Å²) in [6.07, 6.45) is -2.56. The van der Waals surface area contributed by atoms with E-state index in [1.54, 1.807) is 48.5 Å². The normalized spacial score (nSPS) is 12.6. The van der Waals surface area contributed by atoms with Crippen molar-refractivity contribution >= 4 is 29.9 Å². The number of methoxy groups -OCH3 is 1. The highest BCUT2D eigenvalue weighted by Crippen LogP contribution is 2.31. The van der Waals surface area contributed by atoms with Gasteiger partial charge in [-0.25, -0.2) is 14.4 Å². The zero-order valence-electron chi connectivity index (χ0n) is 25.7. The Hall–Kier alpha value is -4.56. The number of halogens is 1. The average molecular weight is 648 g/mol. The summed E-state index contributed by atoms with van der Waals surface area (Å²) in [6, 6.07) is 21.2. The molecule has 3 aromatic carbocycles. The lowest BCUT2D eigenvalue weighted by Gasteiger charge is -2.16. The first kappa shape index (κ1) is 36.6. The quantitative estimate of drug-likeness (QED) is 0.221. The smallest absolute Gasteiger partial charge is 0.412 e. The summed E-state index contributed by atoms with van der Waals surface area (Å²) in [5.74, 6) is 1.89. The Bertz CT molecular complexity index is 1350. The number of ether oxygens (including phenoxy) is 7. The predicted octanol–water partition coefficient (Wildman–Crippen LogP) is 5.16. The van der Waals surface area contributed by atoms with Gasteiger partial charge in [0.15, 0.2) is 17.8 Å². The first-order valence-electron chi connectivity index (χ1n) is 13.7. The van der Waals surface area contributed by atoms with E-state index in [1.807, 2.05) is 31.2 Å². The van der Waals surface area contributed by atoms with E-state index in [0.29, 0.717) is 36.2 Å². The van der Waals surface area contributed by atoms with Crippen LogP contribution in [0.25, 0.3) is 0 Å². The Balaban J connectivity index is 0.000000239. The summed E-state index contributed by atoms with van der Waals surface area (Å²) in [5.41, 5.74) is 1.79. The molecular weight excluding hydrogens is 610 g/mol. The van der Waals surface area contributed by atoms with Gasteiger partial charge in [0.2, 0.25) is 6.29 Å². The maximum atomic E-state index is 11.1. The van der Waals surface area contributed by atoms with Crippen LogP contribution in [0.2, 0.25) is 0 Å². The summed E-state index contributed by atoms with van der Waals surface area (Å²) in [5, 5.41) is 7.11. The summed E-state index contributed by atoms with van der Waals surface area (Å²) in [4.78, 5) is 33.0. The predicted molar refractivity (Wildman–Crippen MR) is 166 cm³/mol. The zero-order valence-corrected chi connectivity index (χ0v) is 26.4. The van der Waals surface area contributed by atoms with E-state index in [2.05, 4.69) is 16.0 Å². The third-order valence-corrected chi connectivity index (χ3v) is 5.76. The number of amides is 3. The van der Waals surface area contributed by atoms with Gasteiger partial charge in [0.25, 0.3) is 0 Å². The van der Waals surface area contributed by atoms with Crippen molar-refractivity contribution in [1.82, 2.24) is 16.0 Å². The molecule has 1 fully saturated rings. The molecule has 1 aliphatic heterocycles. The van der Waals surface area contributed by atoms with Crippen LogP contribution in [0.15, 0.2) is 72.8 Å². The third-order valence-electron chi connectivity index (χ3n) is 5.51. The molecule has 1 heterocycles. The van der Waals surface area contributed by atoms with Crippen molar-refractivity contribution in [2.75, 3.05) is 47.3 Å². The van der Waals surface area contributed by atoms with Crippen molar-refractivity contribution in [1.29, 1.82) is 0 Å². The zero-order chi connectivity index (χ0) is 33.0. The van der Waals surface area contributed by atoms with Crippen molar-refractivity contribution in [2.24, 2.45) is 0 Å². The van der Waals surface area contributed by atoms with E-state index >= 15 is 0 Å². The second kappa shape index (κ2) is 20.4. The average Bonchev–Trinajstić information content (AvgIpc) is 3.60. The van der Waals surface area contributed by atoms with Gasteiger partial charge in [0.05, 0.1) is 24.7 Å². The molecule has 0 bridgehead atoms. The van der Waals surface area contributed by atoms with Crippen LogP contribution in [-0.4, -0.2) is 71.9 Å². The number of para-hydroxylation sites is 3. The maximum absolute atomic E-state index is 11.1. The second-order valence-corrected chi connectivity index (χ2v) is 9.04. The van der Waals surface area contributed by atoms with E-state index in [9.17, 15) is 14.4 Å². The second-order valence-electron chi connectivity index (χ2n) is 8.73. The fourth-order valence-electron chi connectivity index (χ4n) is 3.36. The van der Waals surface area contributed by atoms with Gasteiger partial charge in [0.1, 0.15) is 11.5 Å². The van der Waals surface area contributed by atoms with Crippen LogP contribution in [0.5, 0.6) is 23.0 Å². The molecule has 0 spiro atoms. The van der Waals surface area contributed by atoms with E-state index < -0.39 is 30.9 Å². The molecule has 0 radical (unpaired) electrons. The summed E-state index contributed by atoms with van der Waals surface area (Å²) >= 11 is 5.63. The third kappa shape index (κ3) is 13.3. The largest absolute Gasteiger partial charge is 0.460 e. The Morgan fingerprint density at radius 2 is 1.31 bits per heavy atom. The molecule has 0 saturated carbocycles. The number of benzene rings is 3. The number of carbonyl (C=O) groups excluding carboxylic acids is 3. The van der Waals surface area contributed by atoms with Gasteiger partial charge >= 0.3 is 18.3 Å². The summed E-state index contributed by atoms with van der Waals surface area (Å²) in [6.45, 7) is 3.05. The fraction of sp³-hybridized carbons (Fsp3) is 0.323.